The molecule has 0 heterocycles. The van der Waals surface area contributed by atoms with Crippen molar-refractivity contribution >= 4 is 0 Å². The van der Waals surface area contributed by atoms with Crippen molar-refractivity contribution in [1.82, 2.24) is 5.32 Å². The van der Waals surface area contributed by atoms with Crippen LogP contribution in [0.2, 0.25) is 0 Å². The van der Waals surface area contributed by atoms with Gasteiger partial charge in [-0.15, -0.1) is 0 Å². The minimum atomic E-state index is -0.871. The van der Waals surface area contributed by atoms with Gasteiger partial charge in [0.2, 0.25) is 0 Å². The Morgan fingerprint density at radius 1 is 1.50 bits per heavy atom. The second-order valence-electron chi connectivity index (χ2n) is 4.44. The molecule has 16 heavy (non-hydrogen) atoms. The lowest BCUT2D eigenvalue weighted by Crippen LogP contribution is -2.48. The minimum absolute atomic E-state index is 0.0271. The fraction of sp³-hybridized carbons (Fsp3) is 0.538. The predicted octanol–water partition coefficient (Wildman–Crippen LogP) is 2.12. The molecule has 3 heteroatoms. The molecule has 0 saturated heterocycles. The molecule has 0 amide bonds. The zero-order valence-electron chi connectivity index (χ0n) is 10.1. The van der Waals surface area contributed by atoms with Gasteiger partial charge in [-0.25, -0.2) is 4.39 Å². The van der Waals surface area contributed by atoms with E-state index in [1.54, 1.807) is 13.0 Å². The molecule has 0 spiro atoms. The van der Waals surface area contributed by atoms with Crippen LogP contribution in [0.1, 0.15) is 26.3 Å². The number of hydrogen-bond donors (Lipinski definition) is 2. The van der Waals surface area contributed by atoms with Gasteiger partial charge < -0.3 is 10.4 Å². The van der Waals surface area contributed by atoms with Crippen LogP contribution in [0.15, 0.2) is 24.3 Å². The molecule has 90 valence electrons. The summed E-state index contributed by atoms with van der Waals surface area (Å²) in [6.07, 6.45) is 0.443. The maximum atomic E-state index is 13.0. The van der Waals surface area contributed by atoms with Gasteiger partial charge >= 0.3 is 0 Å². The fourth-order valence-corrected chi connectivity index (χ4v) is 1.74. The van der Waals surface area contributed by atoms with Gasteiger partial charge in [0.25, 0.3) is 0 Å². The van der Waals surface area contributed by atoms with Gasteiger partial charge in [-0.3, -0.25) is 0 Å². The monoisotopic (exact) mass is 225 g/mol. The van der Waals surface area contributed by atoms with E-state index in [2.05, 4.69) is 5.32 Å². The molecule has 2 atom stereocenters. The first-order valence-corrected chi connectivity index (χ1v) is 5.66. The van der Waals surface area contributed by atoms with Crippen LogP contribution in [0.4, 0.5) is 4.39 Å². The maximum absolute atomic E-state index is 13.0. The summed E-state index contributed by atoms with van der Waals surface area (Å²) in [4.78, 5) is 0. The molecule has 2 unspecified atom stereocenters. The topological polar surface area (TPSA) is 32.3 Å². The summed E-state index contributed by atoms with van der Waals surface area (Å²) in [6.45, 7) is 6.50. The molecule has 0 saturated carbocycles. The Hall–Kier alpha value is -0.930. The number of hydrogen-bond acceptors (Lipinski definition) is 2. The van der Waals surface area contributed by atoms with Crippen molar-refractivity contribution in [2.45, 2.75) is 38.8 Å². The third kappa shape index (κ3) is 3.58. The predicted molar refractivity (Wildman–Crippen MR) is 63.9 cm³/mol. The SMILES string of the molecule is CCNC(C)C(C)(O)Cc1cccc(F)c1. The highest BCUT2D eigenvalue weighted by atomic mass is 19.1. The zero-order chi connectivity index (χ0) is 12.2. The highest BCUT2D eigenvalue weighted by molar-refractivity contribution is 5.18. The molecule has 1 aromatic rings. The van der Waals surface area contributed by atoms with E-state index in [0.29, 0.717) is 6.42 Å². The normalized spacial score (nSPS) is 16.8. The Balaban J connectivity index is 2.71. The van der Waals surface area contributed by atoms with E-state index in [9.17, 15) is 9.50 Å². The summed E-state index contributed by atoms with van der Waals surface area (Å²) >= 11 is 0. The van der Waals surface area contributed by atoms with Crippen LogP contribution in [0.25, 0.3) is 0 Å². The van der Waals surface area contributed by atoms with Crippen LogP contribution in [0.5, 0.6) is 0 Å². The third-order valence-corrected chi connectivity index (χ3v) is 2.89. The summed E-state index contributed by atoms with van der Waals surface area (Å²) in [6, 6.07) is 6.34. The standard InChI is InChI=1S/C13H20FNO/c1-4-15-10(2)13(3,16)9-11-6-5-7-12(14)8-11/h5-8,10,15-16H,4,9H2,1-3H3. The molecule has 0 radical (unpaired) electrons. The smallest absolute Gasteiger partial charge is 0.123 e. The van der Waals surface area contributed by atoms with Crippen LogP contribution in [-0.4, -0.2) is 23.3 Å². The van der Waals surface area contributed by atoms with Gasteiger partial charge in [-0.1, -0.05) is 19.1 Å². The van der Waals surface area contributed by atoms with Crippen LogP contribution in [0, 0.1) is 5.82 Å². The van der Waals surface area contributed by atoms with Crippen molar-refractivity contribution < 1.29 is 9.50 Å². The Bertz CT molecular complexity index is 338. The Kier molecular flexibility index (Phi) is 4.44. The highest BCUT2D eigenvalue weighted by Crippen LogP contribution is 2.17. The number of nitrogens with one attached hydrogen (secondary N) is 1. The Labute approximate surface area is 96.5 Å². The lowest BCUT2D eigenvalue weighted by Gasteiger charge is -2.31. The molecule has 2 N–H and O–H groups in total. The second kappa shape index (κ2) is 5.41. The van der Waals surface area contributed by atoms with E-state index < -0.39 is 5.60 Å². The molecular formula is C13H20FNO. The molecule has 0 bridgehead atoms. The van der Waals surface area contributed by atoms with Gasteiger partial charge in [0, 0.05) is 12.5 Å². The van der Waals surface area contributed by atoms with Gasteiger partial charge in [0.05, 0.1) is 5.60 Å². The van der Waals surface area contributed by atoms with E-state index in [1.165, 1.54) is 12.1 Å². The van der Waals surface area contributed by atoms with Crippen LogP contribution >= 0.6 is 0 Å². The summed E-state index contributed by atoms with van der Waals surface area (Å²) in [7, 11) is 0. The van der Waals surface area contributed by atoms with Crippen LogP contribution in [0.3, 0.4) is 0 Å². The molecule has 2 nitrogen and oxygen atoms in total. The molecule has 0 aliphatic heterocycles. The number of halogens is 1. The Morgan fingerprint density at radius 3 is 2.75 bits per heavy atom. The van der Waals surface area contributed by atoms with Crippen molar-refractivity contribution in [3.63, 3.8) is 0 Å². The first kappa shape index (κ1) is 13.1. The van der Waals surface area contributed by atoms with Gasteiger partial charge in [-0.05, 0) is 38.1 Å². The average Bonchev–Trinajstić information content (AvgIpc) is 2.17. The summed E-state index contributed by atoms with van der Waals surface area (Å²) in [5.41, 5.74) is -0.0566. The number of likely N-dealkylation sites (N-methyl/N-ethyl adjacent to an activating group) is 1. The first-order chi connectivity index (χ1) is 7.45. The van der Waals surface area contributed by atoms with Crippen molar-refractivity contribution in [3.05, 3.63) is 35.6 Å². The van der Waals surface area contributed by atoms with Crippen molar-refractivity contribution in [3.8, 4) is 0 Å². The lowest BCUT2D eigenvalue weighted by atomic mass is 9.90. The quantitative estimate of drug-likeness (QED) is 0.804. The van der Waals surface area contributed by atoms with E-state index in [4.69, 9.17) is 0 Å². The molecule has 1 rings (SSSR count). The van der Waals surface area contributed by atoms with Gasteiger partial charge in [-0.2, -0.15) is 0 Å². The number of aliphatic hydroxyl groups is 1. The van der Waals surface area contributed by atoms with Crippen molar-refractivity contribution in [2.75, 3.05) is 6.54 Å². The van der Waals surface area contributed by atoms with E-state index >= 15 is 0 Å². The lowest BCUT2D eigenvalue weighted by molar-refractivity contribution is 0.0264. The van der Waals surface area contributed by atoms with E-state index in [1.807, 2.05) is 19.9 Å². The fourth-order valence-electron chi connectivity index (χ4n) is 1.74. The van der Waals surface area contributed by atoms with Gasteiger partial charge in [0.1, 0.15) is 5.82 Å². The van der Waals surface area contributed by atoms with Crippen LogP contribution < -0.4 is 5.32 Å². The summed E-state index contributed by atoms with van der Waals surface area (Å²) in [5.74, 6) is -0.260. The molecule has 0 aliphatic rings. The largest absolute Gasteiger partial charge is 0.388 e. The second-order valence-corrected chi connectivity index (χ2v) is 4.44. The molecule has 0 aromatic heterocycles. The molecule has 0 aliphatic carbocycles. The minimum Gasteiger partial charge on any atom is -0.388 e. The number of benzene rings is 1. The van der Waals surface area contributed by atoms with Crippen molar-refractivity contribution in [1.29, 1.82) is 0 Å². The van der Waals surface area contributed by atoms with E-state index in [0.717, 1.165) is 12.1 Å². The zero-order valence-corrected chi connectivity index (χ0v) is 10.1. The van der Waals surface area contributed by atoms with E-state index in [-0.39, 0.29) is 11.9 Å². The van der Waals surface area contributed by atoms with Crippen molar-refractivity contribution in [2.24, 2.45) is 0 Å². The molecular weight excluding hydrogens is 205 g/mol. The highest BCUT2D eigenvalue weighted by Gasteiger charge is 2.27. The Morgan fingerprint density at radius 2 is 2.19 bits per heavy atom. The first-order valence-electron chi connectivity index (χ1n) is 5.66. The summed E-state index contributed by atoms with van der Waals surface area (Å²) in [5, 5.41) is 13.5. The van der Waals surface area contributed by atoms with Gasteiger partial charge in [0.15, 0.2) is 0 Å². The maximum Gasteiger partial charge on any atom is 0.123 e. The molecule has 0 fully saturated rings. The average molecular weight is 225 g/mol. The van der Waals surface area contributed by atoms with Crippen LogP contribution in [-0.2, 0) is 6.42 Å². The summed E-state index contributed by atoms with van der Waals surface area (Å²) < 4.78 is 13.0. The molecule has 1 aromatic carbocycles. The third-order valence-electron chi connectivity index (χ3n) is 2.89. The number of rotatable bonds is 5.